The van der Waals surface area contributed by atoms with Crippen LogP contribution in [0.4, 0.5) is 0 Å². The normalized spacial score (nSPS) is 20.8. The zero-order valence-corrected chi connectivity index (χ0v) is 11.5. The van der Waals surface area contributed by atoms with Crippen molar-refractivity contribution in [1.82, 2.24) is 9.71 Å². The average molecular weight is 288 g/mol. The van der Waals surface area contributed by atoms with E-state index in [9.17, 15) is 13.2 Å². The van der Waals surface area contributed by atoms with Gasteiger partial charge in [0.05, 0.1) is 4.90 Å². The van der Waals surface area contributed by atoms with Gasteiger partial charge in [-0.2, -0.15) is 11.8 Å². The third-order valence-electron chi connectivity index (χ3n) is 2.84. The van der Waals surface area contributed by atoms with Crippen molar-refractivity contribution < 1.29 is 8.42 Å². The van der Waals surface area contributed by atoms with E-state index in [0.29, 0.717) is 11.8 Å². The summed E-state index contributed by atoms with van der Waals surface area (Å²) < 4.78 is 26.5. The molecule has 0 radical (unpaired) electrons. The molecule has 0 spiro atoms. The lowest BCUT2D eigenvalue weighted by molar-refractivity contribution is 0.573. The summed E-state index contributed by atoms with van der Waals surface area (Å²) in [6.45, 7) is 0.451. The summed E-state index contributed by atoms with van der Waals surface area (Å²) in [6.07, 6.45) is 4.66. The van der Waals surface area contributed by atoms with Gasteiger partial charge in [-0.3, -0.25) is 4.79 Å². The number of thioether (sulfide) groups is 1. The topological polar surface area (TPSA) is 79.0 Å². The van der Waals surface area contributed by atoms with E-state index >= 15 is 0 Å². The molecule has 1 aliphatic rings. The van der Waals surface area contributed by atoms with E-state index in [2.05, 4.69) is 9.71 Å². The molecule has 5 nitrogen and oxygen atoms in total. The molecule has 1 unspecified atom stereocenters. The molecule has 1 atom stereocenters. The number of sulfonamides is 1. The van der Waals surface area contributed by atoms with Gasteiger partial charge >= 0.3 is 0 Å². The second-order valence-electron chi connectivity index (χ2n) is 4.23. The highest BCUT2D eigenvalue weighted by Gasteiger charge is 2.19. The van der Waals surface area contributed by atoms with Crippen molar-refractivity contribution in [1.29, 1.82) is 0 Å². The first-order valence-electron chi connectivity index (χ1n) is 5.88. The van der Waals surface area contributed by atoms with E-state index in [1.54, 1.807) is 0 Å². The molecular formula is C11H16N2O3S2. The Bertz CT molecular complexity index is 527. The largest absolute Gasteiger partial charge is 0.328 e. The zero-order chi connectivity index (χ0) is 13.0. The molecule has 1 aromatic rings. The maximum absolute atomic E-state index is 11.9. The van der Waals surface area contributed by atoms with Gasteiger partial charge in [0.25, 0.3) is 0 Å². The molecule has 2 rings (SSSR count). The summed E-state index contributed by atoms with van der Waals surface area (Å²) in [5, 5.41) is 0.358. The third kappa shape index (κ3) is 3.60. The van der Waals surface area contributed by atoms with E-state index in [1.807, 2.05) is 11.8 Å². The molecular weight excluding hydrogens is 272 g/mol. The minimum absolute atomic E-state index is 0.0999. The van der Waals surface area contributed by atoms with Crippen molar-refractivity contribution in [3.63, 3.8) is 0 Å². The van der Waals surface area contributed by atoms with Crippen molar-refractivity contribution in [3.05, 3.63) is 28.7 Å². The number of pyridine rings is 1. The van der Waals surface area contributed by atoms with Crippen LogP contribution in [0.1, 0.15) is 19.3 Å². The smallest absolute Gasteiger partial charge is 0.247 e. The summed E-state index contributed by atoms with van der Waals surface area (Å²) in [5.74, 6) is 1.10. The predicted octanol–water partition coefficient (Wildman–Crippen LogP) is 0.939. The lowest BCUT2D eigenvalue weighted by Crippen LogP contribution is -2.32. The molecule has 0 saturated carbocycles. The number of nitrogens with one attached hydrogen (secondary N) is 2. The van der Waals surface area contributed by atoms with E-state index < -0.39 is 10.0 Å². The highest BCUT2D eigenvalue weighted by atomic mass is 32.2. The Kier molecular flexibility index (Phi) is 4.47. The van der Waals surface area contributed by atoms with E-state index in [1.165, 1.54) is 24.8 Å². The van der Waals surface area contributed by atoms with Crippen LogP contribution in [0.15, 0.2) is 28.0 Å². The van der Waals surface area contributed by atoms with Crippen LogP contribution < -0.4 is 10.3 Å². The number of hydrogen-bond acceptors (Lipinski definition) is 4. The van der Waals surface area contributed by atoms with Crippen molar-refractivity contribution >= 4 is 21.8 Å². The molecule has 1 aliphatic heterocycles. The van der Waals surface area contributed by atoms with Gasteiger partial charge in [-0.05, 0) is 24.7 Å². The van der Waals surface area contributed by atoms with Gasteiger partial charge in [-0.15, -0.1) is 0 Å². The summed E-state index contributed by atoms with van der Waals surface area (Å²) in [7, 11) is -3.51. The van der Waals surface area contributed by atoms with Gasteiger partial charge in [-0.25, -0.2) is 13.1 Å². The fourth-order valence-corrected chi connectivity index (χ4v) is 4.21. The number of H-pyrrole nitrogens is 1. The zero-order valence-electron chi connectivity index (χ0n) is 9.89. The molecule has 0 aromatic carbocycles. The summed E-state index contributed by atoms with van der Waals surface area (Å²) in [5.41, 5.74) is -0.309. The summed E-state index contributed by atoms with van der Waals surface area (Å²) in [4.78, 5) is 13.3. The number of hydrogen-bond donors (Lipinski definition) is 2. The van der Waals surface area contributed by atoms with Crippen LogP contribution in [0.25, 0.3) is 0 Å². The Morgan fingerprint density at radius 2 is 2.22 bits per heavy atom. The van der Waals surface area contributed by atoms with Crippen molar-refractivity contribution in [2.45, 2.75) is 29.4 Å². The molecule has 0 amide bonds. The van der Waals surface area contributed by atoms with Gasteiger partial charge in [0, 0.05) is 24.1 Å². The minimum Gasteiger partial charge on any atom is -0.328 e. The predicted molar refractivity (Wildman–Crippen MR) is 72.3 cm³/mol. The van der Waals surface area contributed by atoms with Gasteiger partial charge in [0.15, 0.2) is 0 Å². The van der Waals surface area contributed by atoms with Crippen LogP contribution in [0.5, 0.6) is 0 Å². The average Bonchev–Trinajstić information content (AvgIpc) is 2.38. The standard InChI is InChI=1S/C11H16N2O3S2/c14-11-5-4-10(8-12-11)18(15,16)13-7-9-3-1-2-6-17-9/h4-5,8-9,13H,1-3,6-7H2,(H,12,14). The van der Waals surface area contributed by atoms with Crippen molar-refractivity contribution in [3.8, 4) is 0 Å². The maximum Gasteiger partial charge on any atom is 0.247 e. The lowest BCUT2D eigenvalue weighted by Gasteiger charge is -2.21. The van der Waals surface area contributed by atoms with E-state index in [-0.39, 0.29) is 10.5 Å². The van der Waals surface area contributed by atoms with Crippen LogP contribution in [-0.4, -0.2) is 30.9 Å². The minimum atomic E-state index is -3.51. The van der Waals surface area contributed by atoms with Crippen LogP contribution in [0, 0.1) is 0 Å². The quantitative estimate of drug-likeness (QED) is 0.864. The van der Waals surface area contributed by atoms with Crippen LogP contribution in [-0.2, 0) is 10.0 Å². The first kappa shape index (κ1) is 13.6. The number of rotatable bonds is 4. The van der Waals surface area contributed by atoms with Gasteiger partial charge in [0.2, 0.25) is 15.6 Å². The molecule has 2 N–H and O–H groups in total. The Labute approximate surface area is 110 Å². The molecule has 100 valence electrons. The summed E-state index contributed by atoms with van der Waals surface area (Å²) >= 11 is 1.82. The molecule has 18 heavy (non-hydrogen) atoms. The molecule has 0 aliphatic carbocycles. The molecule has 0 bridgehead atoms. The Morgan fingerprint density at radius 3 is 2.83 bits per heavy atom. The second-order valence-corrected chi connectivity index (χ2v) is 7.40. The van der Waals surface area contributed by atoms with Crippen LogP contribution in [0.2, 0.25) is 0 Å². The Hall–Kier alpha value is -0.790. The monoisotopic (exact) mass is 288 g/mol. The maximum atomic E-state index is 11.9. The van der Waals surface area contributed by atoms with Crippen LogP contribution in [0.3, 0.4) is 0 Å². The van der Waals surface area contributed by atoms with Crippen molar-refractivity contribution in [2.24, 2.45) is 0 Å². The third-order valence-corrected chi connectivity index (χ3v) is 5.66. The van der Waals surface area contributed by atoms with Crippen molar-refractivity contribution in [2.75, 3.05) is 12.3 Å². The fraction of sp³-hybridized carbons (Fsp3) is 0.545. The molecule has 1 aromatic heterocycles. The SMILES string of the molecule is O=c1ccc(S(=O)(=O)NCC2CCCCS2)c[nH]1. The molecule has 1 fully saturated rings. The van der Waals surface area contributed by atoms with E-state index in [4.69, 9.17) is 0 Å². The van der Waals surface area contributed by atoms with Gasteiger partial charge in [0.1, 0.15) is 0 Å². The second kappa shape index (κ2) is 5.90. The number of aromatic nitrogens is 1. The number of aromatic amines is 1. The highest BCUT2D eigenvalue weighted by Crippen LogP contribution is 2.24. The molecule has 7 heteroatoms. The molecule has 2 heterocycles. The summed E-state index contributed by atoms with van der Waals surface area (Å²) in [6, 6.07) is 2.53. The first-order valence-corrected chi connectivity index (χ1v) is 8.41. The molecule has 1 saturated heterocycles. The Balaban J connectivity index is 1.98. The fourth-order valence-electron chi connectivity index (χ4n) is 1.82. The first-order chi connectivity index (χ1) is 8.58. The lowest BCUT2D eigenvalue weighted by atomic mass is 10.2. The van der Waals surface area contributed by atoms with E-state index in [0.717, 1.165) is 18.6 Å². The Morgan fingerprint density at radius 1 is 1.39 bits per heavy atom. The van der Waals surface area contributed by atoms with Gasteiger partial charge in [-0.1, -0.05) is 6.42 Å². The van der Waals surface area contributed by atoms with Gasteiger partial charge < -0.3 is 4.98 Å². The highest BCUT2D eigenvalue weighted by molar-refractivity contribution is 8.00. The van der Waals surface area contributed by atoms with Crippen LogP contribution >= 0.6 is 11.8 Å².